The second-order valence-corrected chi connectivity index (χ2v) is 4.28. The molecule has 0 spiro atoms. The summed E-state index contributed by atoms with van der Waals surface area (Å²) in [5.74, 6) is -0.719. The van der Waals surface area contributed by atoms with Gasteiger partial charge in [-0.15, -0.1) is 0 Å². The Hall–Kier alpha value is -2.82. The van der Waals surface area contributed by atoms with E-state index in [0.29, 0.717) is 16.7 Å². The third-order valence-corrected chi connectivity index (χ3v) is 2.96. The Bertz CT molecular complexity index is 863. The molecule has 0 atom stereocenters. The lowest BCUT2D eigenvalue weighted by Crippen LogP contribution is -2.09. The van der Waals surface area contributed by atoms with Crippen molar-refractivity contribution in [3.63, 3.8) is 0 Å². The zero-order chi connectivity index (χ0) is 14.1. The molecule has 3 rings (SSSR count). The van der Waals surface area contributed by atoms with Crippen molar-refractivity contribution in [2.75, 3.05) is 6.61 Å². The van der Waals surface area contributed by atoms with Crippen molar-refractivity contribution in [1.29, 1.82) is 0 Å². The molecule has 1 aromatic heterocycles. The van der Waals surface area contributed by atoms with Crippen LogP contribution in [0.2, 0.25) is 0 Å². The van der Waals surface area contributed by atoms with Gasteiger partial charge in [0.1, 0.15) is 11.3 Å². The summed E-state index contributed by atoms with van der Waals surface area (Å²) in [6, 6.07) is 12.1. The first kappa shape index (κ1) is 12.2. The summed E-state index contributed by atoms with van der Waals surface area (Å²) in [5, 5.41) is 10.7. The molecule has 0 aliphatic rings. The molecule has 3 aromatic rings. The number of hydrogen-bond donors (Lipinski definition) is 1. The van der Waals surface area contributed by atoms with Gasteiger partial charge < -0.3 is 14.3 Å². The van der Waals surface area contributed by atoms with Crippen molar-refractivity contribution in [1.82, 2.24) is 0 Å². The molecule has 0 aliphatic carbocycles. The van der Waals surface area contributed by atoms with Gasteiger partial charge in [-0.1, -0.05) is 18.2 Å². The lowest BCUT2D eigenvalue weighted by atomic mass is 10.1. The molecule has 0 radical (unpaired) electrons. The van der Waals surface area contributed by atoms with Crippen LogP contribution in [0.3, 0.4) is 0 Å². The van der Waals surface area contributed by atoms with Gasteiger partial charge in [-0.05, 0) is 23.6 Å². The summed E-state index contributed by atoms with van der Waals surface area (Å²) < 4.78 is 10.3. The SMILES string of the molecule is O=C(O)COc1ccc2c(c1)oc(=O)c1ccccc12. The van der Waals surface area contributed by atoms with Crippen LogP contribution in [-0.4, -0.2) is 17.7 Å². The Kier molecular flexibility index (Phi) is 2.87. The highest BCUT2D eigenvalue weighted by Crippen LogP contribution is 2.26. The molecular formula is C15H10O5. The average Bonchev–Trinajstić information content (AvgIpc) is 2.45. The first-order chi connectivity index (χ1) is 9.65. The molecule has 0 bridgehead atoms. The molecule has 0 amide bonds. The van der Waals surface area contributed by atoms with Crippen molar-refractivity contribution in [2.24, 2.45) is 0 Å². The molecular weight excluding hydrogens is 260 g/mol. The average molecular weight is 270 g/mol. The number of carbonyl (C=O) groups is 1. The summed E-state index contributed by atoms with van der Waals surface area (Å²) in [6.07, 6.45) is 0. The Balaban J connectivity index is 2.18. The Morgan fingerprint density at radius 2 is 1.85 bits per heavy atom. The molecule has 1 heterocycles. The van der Waals surface area contributed by atoms with Crippen LogP contribution in [0.15, 0.2) is 51.7 Å². The molecule has 0 saturated heterocycles. The molecule has 0 aliphatic heterocycles. The minimum Gasteiger partial charge on any atom is -0.482 e. The van der Waals surface area contributed by atoms with E-state index in [9.17, 15) is 9.59 Å². The molecule has 20 heavy (non-hydrogen) atoms. The van der Waals surface area contributed by atoms with Gasteiger partial charge in [-0.3, -0.25) is 0 Å². The Labute approximate surface area is 113 Å². The van der Waals surface area contributed by atoms with Gasteiger partial charge in [0.2, 0.25) is 0 Å². The van der Waals surface area contributed by atoms with Crippen molar-refractivity contribution >= 4 is 27.7 Å². The molecule has 0 saturated carbocycles. The van der Waals surface area contributed by atoms with Gasteiger partial charge >= 0.3 is 11.6 Å². The van der Waals surface area contributed by atoms with E-state index in [0.717, 1.165) is 10.8 Å². The van der Waals surface area contributed by atoms with E-state index in [1.807, 2.05) is 12.1 Å². The van der Waals surface area contributed by atoms with E-state index in [1.54, 1.807) is 24.3 Å². The third-order valence-electron chi connectivity index (χ3n) is 2.96. The van der Waals surface area contributed by atoms with E-state index in [1.165, 1.54) is 6.07 Å². The summed E-state index contributed by atoms with van der Waals surface area (Å²) in [6.45, 7) is -0.441. The van der Waals surface area contributed by atoms with Crippen LogP contribution in [-0.2, 0) is 4.79 Å². The first-order valence-electron chi connectivity index (χ1n) is 5.95. The van der Waals surface area contributed by atoms with Crippen LogP contribution >= 0.6 is 0 Å². The predicted molar refractivity (Wildman–Crippen MR) is 73.1 cm³/mol. The number of ether oxygens (including phenoxy) is 1. The minimum atomic E-state index is -1.06. The van der Waals surface area contributed by atoms with E-state index in [4.69, 9.17) is 14.3 Å². The molecule has 0 fully saturated rings. The van der Waals surface area contributed by atoms with Crippen LogP contribution in [0, 0.1) is 0 Å². The van der Waals surface area contributed by atoms with Crippen LogP contribution in [0.25, 0.3) is 21.7 Å². The third kappa shape index (κ3) is 2.09. The maximum absolute atomic E-state index is 11.9. The smallest absolute Gasteiger partial charge is 0.344 e. The second-order valence-electron chi connectivity index (χ2n) is 4.28. The lowest BCUT2D eigenvalue weighted by molar-refractivity contribution is -0.139. The topological polar surface area (TPSA) is 76.7 Å². The zero-order valence-corrected chi connectivity index (χ0v) is 10.3. The largest absolute Gasteiger partial charge is 0.482 e. The van der Waals surface area contributed by atoms with Crippen molar-refractivity contribution in [2.45, 2.75) is 0 Å². The minimum absolute atomic E-state index is 0.346. The number of aliphatic carboxylic acids is 1. The molecule has 0 unspecified atom stereocenters. The fraction of sp³-hybridized carbons (Fsp3) is 0.0667. The highest BCUT2D eigenvalue weighted by Gasteiger charge is 2.08. The predicted octanol–water partition coefficient (Wildman–Crippen LogP) is 2.41. The molecule has 100 valence electrons. The van der Waals surface area contributed by atoms with E-state index >= 15 is 0 Å². The fourth-order valence-electron chi connectivity index (χ4n) is 2.10. The Morgan fingerprint density at radius 1 is 1.10 bits per heavy atom. The fourth-order valence-corrected chi connectivity index (χ4v) is 2.10. The van der Waals surface area contributed by atoms with Gasteiger partial charge in [0, 0.05) is 11.5 Å². The van der Waals surface area contributed by atoms with Crippen molar-refractivity contribution in [3.8, 4) is 5.75 Å². The molecule has 2 aromatic carbocycles. The van der Waals surface area contributed by atoms with Gasteiger partial charge in [-0.2, -0.15) is 0 Å². The zero-order valence-electron chi connectivity index (χ0n) is 10.3. The van der Waals surface area contributed by atoms with Crippen LogP contribution in [0.5, 0.6) is 5.75 Å². The highest BCUT2D eigenvalue weighted by atomic mass is 16.5. The van der Waals surface area contributed by atoms with Crippen LogP contribution in [0.4, 0.5) is 0 Å². The number of carboxylic acid groups (broad SMARTS) is 1. The highest BCUT2D eigenvalue weighted by molar-refractivity contribution is 6.04. The first-order valence-corrected chi connectivity index (χ1v) is 5.95. The monoisotopic (exact) mass is 270 g/mol. The van der Waals surface area contributed by atoms with Crippen molar-refractivity contribution < 1.29 is 19.1 Å². The van der Waals surface area contributed by atoms with Crippen molar-refractivity contribution in [3.05, 3.63) is 52.9 Å². The quantitative estimate of drug-likeness (QED) is 0.584. The number of benzene rings is 2. The maximum atomic E-state index is 11.9. The number of hydrogen-bond acceptors (Lipinski definition) is 4. The van der Waals surface area contributed by atoms with E-state index in [-0.39, 0.29) is 0 Å². The van der Waals surface area contributed by atoms with Gasteiger partial charge in [0.25, 0.3) is 0 Å². The number of fused-ring (bicyclic) bond motifs is 3. The standard InChI is InChI=1S/C15H10O5/c16-14(17)8-19-9-5-6-11-10-3-1-2-4-12(10)15(18)20-13(11)7-9/h1-7H,8H2,(H,16,17). The van der Waals surface area contributed by atoms with Gasteiger partial charge in [0.15, 0.2) is 6.61 Å². The summed E-state index contributed by atoms with van der Waals surface area (Å²) >= 11 is 0. The van der Waals surface area contributed by atoms with Crippen LogP contribution in [0.1, 0.15) is 0 Å². The summed E-state index contributed by atoms with van der Waals surface area (Å²) in [7, 11) is 0. The molecule has 1 N–H and O–H groups in total. The Morgan fingerprint density at radius 3 is 2.60 bits per heavy atom. The van der Waals surface area contributed by atoms with Crippen LogP contribution < -0.4 is 10.4 Å². The lowest BCUT2D eigenvalue weighted by Gasteiger charge is -2.06. The van der Waals surface area contributed by atoms with E-state index < -0.39 is 18.2 Å². The second kappa shape index (κ2) is 4.70. The molecule has 5 heteroatoms. The van der Waals surface area contributed by atoms with Gasteiger partial charge in [0.05, 0.1) is 5.39 Å². The normalized spacial score (nSPS) is 10.8. The number of rotatable bonds is 3. The maximum Gasteiger partial charge on any atom is 0.344 e. The summed E-state index contributed by atoms with van der Waals surface area (Å²) in [5.41, 5.74) is -0.0555. The number of carboxylic acids is 1. The van der Waals surface area contributed by atoms with E-state index in [2.05, 4.69) is 0 Å². The molecule has 5 nitrogen and oxygen atoms in total. The summed E-state index contributed by atoms with van der Waals surface area (Å²) in [4.78, 5) is 22.3. The van der Waals surface area contributed by atoms with Gasteiger partial charge in [-0.25, -0.2) is 9.59 Å².